The average Bonchev–Trinajstić information content (AvgIpc) is 2.51. The maximum Gasteiger partial charge on any atom is 0.0910 e. The second-order valence-corrected chi connectivity index (χ2v) is 6.71. The van der Waals surface area contributed by atoms with Crippen molar-refractivity contribution in [1.82, 2.24) is 4.90 Å². The highest BCUT2D eigenvalue weighted by Crippen LogP contribution is 2.31. The molecule has 0 heterocycles. The molecule has 0 fully saturated rings. The summed E-state index contributed by atoms with van der Waals surface area (Å²) in [6, 6.07) is 9.51. The lowest BCUT2D eigenvalue weighted by Gasteiger charge is -2.12. The van der Waals surface area contributed by atoms with Gasteiger partial charge < -0.3 is 4.90 Å². The van der Waals surface area contributed by atoms with Crippen molar-refractivity contribution in [1.29, 1.82) is 0 Å². The van der Waals surface area contributed by atoms with Gasteiger partial charge >= 0.3 is 0 Å². The minimum Gasteiger partial charge on any atom is -0.366 e. The monoisotopic (exact) mass is 368 g/mol. The van der Waals surface area contributed by atoms with E-state index >= 15 is 0 Å². The molecular weight excluding hydrogens is 351 g/mol. The van der Waals surface area contributed by atoms with Crippen molar-refractivity contribution in [3.8, 4) is 0 Å². The summed E-state index contributed by atoms with van der Waals surface area (Å²) in [6.45, 7) is 5.02. The zero-order valence-corrected chi connectivity index (χ0v) is 15.7. The third-order valence-electron chi connectivity index (χ3n) is 3.69. The molecule has 122 valence electrons. The van der Waals surface area contributed by atoms with Crippen LogP contribution >= 0.6 is 34.8 Å². The molecule has 0 aliphatic heterocycles. The summed E-state index contributed by atoms with van der Waals surface area (Å²) in [5, 5.41) is 1.94. The third-order valence-corrected chi connectivity index (χ3v) is 4.58. The number of rotatable bonds is 5. The summed E-state index contributed by atoms with van der Waals surface area (Å²) in [6.07, 6.45) is 2.50. The number of halogens is 3. The van der Waals surface area contributed by atoms with Crippen LogP contribution in [0.15, 0.2) is 35.3 Å². The van der Waals surface area contributed by atoms with E-state index in [4.69, 9.17) is 34.8 Å². The molecule has 0 spiro atoms. The topological polar surface area (TPSA) is 15.6 Å². The molecule has 0 atom stereocenters. The summed E-state index contributed by atoms with van der Waals surface area (Å²) in [7, 11) is 1.97. The molecule has 0 bridgehead atoms. The normalized spacial score (nSPS) is 11.2. The third kappa shape index (κ3) is 4.87. The van der Waals surface area contributed by atoms with E-state index in [0.29, 0.717) is 21.5 Å². The van der Waals surface area contributed by atoms with E-state index in [1.54, 1.807) is 12.4 Å². The minimum absolute atomic E-state index is 0.636. The molecule has 2 aromatic rings. The van der Waals surface area contributed by atoms with Crippen LogP contribution in [0.25, 0.3) is 0 Å². The van der Waals surface area contributed by atoms with E-state index in [2.05, 4.69) is 18.8 Å². The van der Waals surface area contributed by atoms with Gasteiger partial charge in [0.25, 0.3) is 0 Å². The number of benzene rings is 2. The molecule has 0 amide bonds. The first kappa shape index (κ1) is 18.1. The number of aliphatic imine (C=N–C) groups is 1. The van der Waals surface area contributed by atoms with E-state index in [0.717, 1.165) is 28.9 Å². The van der Waals surface area contributed by atoms with Crippen LogP contribution < -0.4 is 0 Å². The molecule has 0 saturated heterocycles. The molecule has 0 radical (unpaired) electrons. The Kier molecular flexibility index (Phi) is 6.34. The Morgan fingerprint density at radius 2 is 1.78 bits per heavy atom. The molecule has 0 N–H and O–H groups in total. The highest BCUT2D eigenvalue weighted by Gasteiger charge is 2.09. The zero-order chi connectivity index (χ0) is 17.0. The first-order valence-electron chi connectivity index (χ1n) is 7.38. The number of hydrogen-bond donors (Lipinski definition) is 0. The number of nitrogens with zero attached hydrogens (tertiary/aromatic N) is 2. The second kappa shape index (κ2) is 8.05. The Balaban J connectivity index is 2.27. The second-order valence-electron chi connectivity index (χ2n) is 5.46. The molecule has 0 aliphatic rings. The van der Waals surface area contributed by atoms with Gasteiger partial charge in [-0.05, 0) is 61.2 Å². The van der Waals surface area contributed by atoms with E-state index < -0.39 is 0 Å². The van der Waals surface area contributed by atoms with Crippen LogP contribution in [0.3, 0.4) is 0 Å². The van der Waals surface area contributed by atoms with Gasteiger partial charge in [-0.25, -0.2) is 4.99 Å². The lowest BCUT2D eigenvalue weighted by Crippen LogP contribution is -2.14. The van der Waals surface area contributed by atoms with Gasteiger partial charge in [0.05, 0.1) is 17.0 Å². The van der Waals surface area contributed by atoms with Crippen LogP contribution in [-0.4, -0.2) is 24.8 Å². The summed E-state index contributed by atoms with van der Waals surface area (Å²) >= 11 is 18.6. The van der Waals surface area contributed by atoms with Gasteiger partial charge in [0.15, 0.2) is 0 Å². The largest absolute Gasteiger partial charge is 0.366 e. The van der Waals surface area contributed by atoms with Gasteiger partial charge in [-0.1, -0.05) is 40.9 Å². The van der Waals surface area contributed by atoms with Crippen molar-refractivity contribution in [3.63, 3.8) is 0 Å². The smallest absolute Gasteiger partial charge is 0.0910 e. The van der Waals surface area contributed by atoms with Crippen LogP contribution in [-0.2, 0) is 6.42 Å². The van der Waals surface area contributed by atoms with Crippen molar-refractivity contribution in [2.24, 2.45) is 4.99 Å². The van der Waals surface area contributed by atoms with Crippen LogP contribution in [0.4, 0.5) is 5.69 Å². The summed E-state index contributed by atoms with van der Waals surface area (Å²) in [5.74, 6) is 0. The van der Waals surface area contributed by atoms with Gasteiger partial charge in [0.1, 0.15) is 0 Å². The van der Waals surface area contributed by atoms with Gasteiger partial charge in [-0.3, -0.25) is 0 Å². The summed E-state index contributed by atoms with van der Waals surface area (Å²) < 4.78 is 0. The van der Waals surface area contributed by atoms with Crippen molar-refractivity contribution >= 4 is 46.8 Å². The van der Waals surface area contributed by atoms with Gasteiger partial charge in [-0.15, -0.1) is 0 Å². The highest BCUT2D eigenvalue weighted by atomic mass is 35.5. The fourth-order valence-electron chi connectivity index (χ4n) is 2.11. The van der Waals surface area contributed by atoms with E-state index in [1.807, 2.05) is 36.2 Å². The highest BCUT2D eigenvalue weighted by molar-refractivity contribution is 6.35. The van der Waals surface area contributed by atoms with Crippen molar-refractivity contribution in [2.75, 3.05) is 13.6 Å². The summed E-state index contributed by atoms with van der Waals surface area (Å²) in [4.78, 5) is 6.43. The van der Waals surface area contributed by atoms with E-state index in [1.165, 1.54) is 0 Å². The summed E-state index contributed by atoms with van der Waals surface area (Å²) in [5.41, 5.74) is 4.06. The minimum atomic E-state index is 0.636. The Bertz CT molecular complexity index is 726. The standard InChI is InChI=1S/C18H19Cl3N2/c1-4-23(3)11-22-18-7-12(2)14(9-17(18)21)8-13-5-6-15(19)10-16(13)20/h5-7,9-11H,4,8H2,1-3H3. The maximum absolute atomic E-state index is 6.37. The fourth-order valence-corrected chi connectivity index (χ4v) is 2.82. The predicted molar refractivity (Wildman–Crippen MR) is 102 cm³/mol. The lowest BCUT2D eigenvalue weighted by molar-refractivity contribution is 0.552. The van der Waals surface area contributed by atoms with E-state index in [-0.39, 0.29) is 0 Å². The predicted octanol–water partition coefficient (Wildman–Crippen LogP) is 6.16. The fraction of sp³-hybridized carbons (Fsp3) is 0.278. The van der Waals surface area contributed by atoms with Crippen molar-refractivity contribution in [2.45, 2.75) is 20.3 Å². The van der Waals surface area contributed by atoms with Gasteiger partial charge in [0.2, 0.25) is 0 Å². The first-order chi connectivity index (χ1) is 10.9. The molecule has 2 rings (SSSR count). The van der Waals surface area contributed by atoms with Crippen LogP contribution in [0, 0.1) is 6.92 Å². The number of aryl methyl sites for hydroxylation is 1. The molecule has 5 heteroatoms. The molecule has 2 nitrogen and oxygen atoms in total. The van der Waals surface area contributed by atoms with Gasteiger partial charge in [0, 0.05) is 23.6 Å². The van der Waals surface area contributed by atoms with Crippen LogP contribution in [0.5, 0.6) is 0 Å². The average molecular weight is 370 g/mol. The quantitative estimate of drug-likeness (QED) is 0.455. The Morgan fingerprint density at radius 1 is 1.04 bits per heavy atom. The Labute approximate surface area is 152 Å². The Hall–Kier alpha value is -1.22. The Morgan fingerprint density at radius 3 is 2.43 bits per heavy atom. The molecular formula is C18H19Cl3N2. The number of hydrogen-bond acceptors (Lipinski definition) is 1. The molecule has 23 heavy (non-hydrogen) atoms. The lowest BCUT2D eigenvalue weighted by atomic mass is 10.00. The van der Waals surface area contributed by atoms with E-state index in [9.17, 15) is 0 Å². The molecule has 0 aromatic heterocycles. The maximum atomic E-state index is 6.37. The zero-order valence-electron chi connectivity index (χ0n) is 13.4. The van der Waals surface area contributed by atoms with Crippen LogP contribution in [0.2, 0.25) is 15.1 Å². The van der Waals surface area contributed by atoms with Crippen molar-refractivity contribution in [3.05, 3.63) is 62.1 Å². The SMILES string of the molecule is CCN(C)C=Nc1cc(C)c(Cc2ccc(Cl)cc2Cl)cc1Cl. The van der Waals surface area contributed by atoms with Crippen molar-refractivity contribution < 1.29 is 0 Å². The van der Waals surface area contributed by atoms with Crippen LogP contribution in [0.1, 0.15) is 23.6 Å². The molecule has 0 saturated carbocycles. The molecule has 2 aromatic carbocycles. The molecule has 0 unspecified atom stereocenters. The first-order valence-corrected chi connectivity index (χ1v) is 8.51. The molecule has 0 aliphatic carbocycles. The van der Waals surface area contributed by atoms with Gasteiger partial charge in [-0.2, -0.15) is 0 Å².